The van der Waals surface area contributed by atoms with Crippen molar-refractivity contribution in [2.45, 2.75) is 13.1 Å². The van der Waals surface area contributed by atoms with Crippen molar-refractivity contribution in [2.24, 2.45) is 0 Å². The van der Waals surface area contributed by atoms with E-state index in [1.807, 2.05) is 42.5 Å². The molecule has 0 aliphatic rings. The first kappa shape index (κ1) is 27.8. The van der Waals surface area contributed by atoms with E-state index in [0.29, 0.717) is 34.4 Å². The van der Waals surface area contributed by atoms with Gasteiger partial charge in [0.25, 0.3) is 11.5 Å². The summed E-state index contributed by atoms with van der Waals surface area (Å²) in [6.45, 7) is 0.478. The lowest BCUT2D eigenvalue weighted by Gasteiger charge is -2.12. The predicted molar refractivity (Wildman–Crippen MR) is 156 cm³/mol. The number of fused-ring (bicyclic) bond motifs is 1. The third-order valence-electron chi connectivity index (χ3n) is 6.47. The zero-order valence-electron chi connectivity index (χ0n) is 22.2. The molecule has 206 valence electrons. The number of aromatic nitrogens is 2. The minimum atomic E-state index is -1.01. The molecule has 5 aromatic rings. The lowest BCUT2D eigenvalue weighted by atomic mass is 10.1. The van der Waals surface area contributed by atoms with Crippen LogP contribution in [0, 0.1) is 34.8 Å². The Morgan fingerprint density at radius 2 is 1.79 bits per heavy atom. The highest BCUT2D eigenvalue weighted by Gasteiger charge is 2.13. The molecule has 0 bridgehead atoms. The lowest BCUT2D eigenvalue weighted by Crippen LogP contribution is -2.33. The van der Waals surface area contributed by atoms with Crippen molar-refractivity contribution in [1.29, 1.82) is 5.26 Å². The molecule has 2 heterocycles. The topological polar surface area (TPSA) is 99.8 Å². The minimum Gasteiger partial charge on any atom is -0.379 e. The Bertz CT molecular complexity index is 1950. The third kappa shape index (κ3) is 6.33. The summed E-state index contributed by atoms with van der Waals surface area (Å²) in [7, 11) is 0. The quantitative estimate of drug-likeness (QED) is 0.274. The number of carbonyl (C=O) groups is 1. The number of nitrogens with one attached hydrogen (secondary N) is 2. The molecule has 7 nitrogen and oxygen atoms in total. The first-order valence-electron chi connectivity index (χ1n) is 12.9. The van der Waals surface area contributed by atoms with Gasteiger partial charge in [-0.3, -0.25) is 14.6 Å². The molecule has 0 spiro atoms. The molecule has 5 rings (SSSR count). The first-order valence-corrected chi connectivity index (χ1v) is 12.9. The second-order valence-corrected chi connectivity index (χ2v) is 9.32. The van der Waals surface area contributed by atoms with Crippen molar-refractivity contribution in [3.8, 4) is 17.9 Å². The highest BCUT2D eigenvalue weighted by molar-refractivity contribution is 5.95. The van der Waals surface area contributed by atoms with Gasteiger partial charge in [-0.1, -0.05) is 48.2 Å². The predicted octanol–water partition coefficient (Wildman–Crippen LogP) is 4.99. The van der Waals surface area contributed by atoms with Gasteiger partial charge in [-0.05, 0) is 53.6 Å². The van der Waals surface area contributed by atoms with Crippen LogP contribution in [0.2, 0.25) is 0 Å². The van der Waals surface area contributed by atoms with Gasteiger partial charge in [0, 0.05) is 29.9 Å². The van der Waals surface area contributed by atoms with E-state index in [1.54, 1.807) is 6.07 Å². The van der Waals surface area contributed by atoms with Crippen LogP contribution in [0.1, 0.15) is 32.6 Å². The number of hydrogen-bond acceptors (Lipinski definition) is 5. The van der Waals surface area contributed by atoms with Gasteiger partial charge >= 0.3 is 0 Å². The van der Waals surface area contributed by atoms with Gasteiger partial charge in [-0.2, -0.15) is 5.26 Å². The van der Waals surface area contributed by atoms with Crippen LogP contribution in [-0.4, -0.2) is 22.0 Å². The molecule has 3 aromatic carbocycles. The maximum absolute atomic E-state index is 13.6. The van der Waals surface area contributed by atoms with Crippen LogP contribution in [0.5, 0.6) is 0 Å². The molecule has 42 heavy (non-hydrogen) atoms. The molecule has 0 aliphatic carbocycles. The summed E-state index contributed by atoms with van der Waals surface area (Å²) in [5, 5.41) is 16.4. The van der Waals surface area contributed by atoms with Gasteiger partial charge < -0.3 is 15.2 Å². The number of carbonyl (C=O) groups excluding carboxylic acids is 1. The van der Waals surface area contributed by atoms with Crippen LogP contribution in [0.3, 0.4) is 0 Å². The average molecular weight is 560 g/mol. The van der Waals surface area contributed by atoms with Crippen molar-refractivity contribution in [2.75, 3.05) is 11.9 Å². The average Bonchev–Trinajstić information content (AvgIpc) is 3.01. The van der Waals surface area contributed by atoms with E-state index in [-0.39, 0.29) is 18.7 Å². The molecule has 0 unspecified atom stereocenters. The molecule has 2 N–H and O–H groups in total. The summed E-state index contributed by atoms with van der Waals surface area (Å²) in [5.41, 5.74) is 3.20. The van der Waals surface area contributed by atoms with Gasteiger partial charge in [0.15, 0.2) is 11.6 Å². The Hall–Kier alpha value is -5.80. The molecule has 2 aromatic heterocycles. The zero-order valence-corrected chi connectivity index (χ0v) is 22.2. The summed E-state index contributed by atoms with van der Waals surface area (Å²) >= 11 is 0. The van der Waals surface area contributed by atoms with Gasteiger partial charge in [0.1, 0.15) is 11.6 Å². The number of benzene rings is 3. The Labute approximate surface area is 240 Å². The van der Waals surface area contributed by atoms with Crippen molar-refractivity contribution < 1.29 is 13.6 Å². The second-order valence-electron chi connectivity index (χ2n) is 9.32. The SMILES string of the molecule is N#Cc1cnc2ccc(C#CCNC(=O)c3cccn(Cc4ccc(F)c(F)c4)c3=O)cc2c1NCc1ccccc1. The minimum absolute atomic E-state index is 0.0238. The van der Waals surface area contributed by atoms with Gasteiger partial charge in [-0.25, -0.2) is 8.78 Å². The lowest BCUT2D eigenvalue weighted by molar-refractivity contribution is 0.0956. The van der Waals surface area contributed by atoms with Gasteiger partial charge in [-0.15, -0.1) is 0 Å². The standard InChI is InChI=1S/C33H23F2N5O2/c34-28-12-10-24(17-29(28)35)21-40-15-5-9-26(33(40)42)32(41)37-14-4-8-22-11-13-30-27(16-22)31(25(18-36)20-38-30)39-19-23-6-2-1-3-7-23/h1-3,5-7,9-13,15-17,20H,14,19,21H2,(H,37,41)(H,38,39). The highest BCUT2D eigenvalue weighted by Crippen LogP contribution is 2.27. The fourth-order valence-corrected chi connectivity index (χ4v) is 4.37. The summed E-state index contributed by atoms with van der Waals surface area (Å²) in [5.74, 6) is 3.28. The maximum Gasteiger partial charge on any atom is 0.263 e. The van der Waals surface area contributed by atoms with Crippen LogP contribution in [0.25, 0.3) is 10.9 Å². The largest absolute Gasteiger partial charge is 0.379 e. The molecule has 0 atom stereocenters. The molecule has 0 fully saturated rings. The fraction of sp³-hybridized carbons (Fsp3) is 0.0909. The Balaban J connectivity index is 1.29. The van der Waals surface area contributed by atoms with Crippen molar-refractivity contribution in [3.05, 3.63) is 141 Å². The summed E-state index contributed by atoms with van der Waals surface area (Å²) in [6.07, 6.45) is 3.00. The van der Waals surface area contributed by atoms with Gasteiger partial charge in [0.05, 0.1) is 29.9 Å². The van der Waals surface area contributed by atoms with Gasteiger partial charge in [0.2, 0.25) is 0 Å². The van der Waals surface area contributed by atoms with E-state index < -0.39 is 23.1 Å². The smallest absolute Gasteiger partial charge is 0.263 e. The van der Waals surface area contributed by atoms with Crippen LogP contribution in [0.15, 0.2) is 96.1 Å². The van der Waals surface area contributed by atoms with Crippen LogP contribution in [-0.2, 0) is 13.1 Å². The Morgan fingerprint density at radius 3 is 2.57 bits per heavy atom. The van der Waals surface area contributed by atoms with E-state index in [1.165, 1.54) is 35.2 Å². The molecule has 0 saturated heterocycles. The van der Waals surface area contributed by atoms with E-state index in [9.17, 15) is 23.6 Å². The fourth-order valence-electron chi connectivity index (χ4n) is 4.37. The Kier molecular flexibility index (Phi) is 8.32. The van der Waals surface area contributed by atoms with Crippen molar-refractivity contribution in [3.63, 3.8) is 0 Å². The third-order valence-corrected chi connectivity index (χ3v) is 6.47. The van der Waals surface area contributed by atoms with Crippen molar-refractivity contribution in [1.82, 2.24) is 14.9 Å². The van der Waals surface area contributed by atoms with E-state index in [2.05, 4.69) is 33.5 Å². The van der Waals surface area contributed by atoms with Crippen LogP contribution < -0.4 is 16.2 Å². The maximum atomic E-state index is 13.6. The number of amides is 1. The van der Waals surface area contributed by atoms with Crippen LogP contribution in [0.4, 0.5) is 14.5 Å². The molecule has 9 heteroatoms. The summed E-state index contributed by atoms with van der Waals surface area (Å²) in [4.78, 5) is 29.9. The molecular formula is C33H23F2N5O2. The highest BCUT2D eigenvalue weighted by atomic mass is 19.2. The number of rotatable bonds is 7. The number of anilines is 1. The molecule has 0 saturated carbocycles. The second kappa shape index (κ2) is 12.6. The number of hydrogen-bond donors (Lipinski definition) is 2. The first-order chi connectivity index (χ1) is 20.4. The normalized spacial score (nSPS) is 10.4. The molecule has 0 radical (unpaired) electrons. The number of pyridine rings is 2. The summed E-state index contributed by atoms with van der Waals surface area (Å²) in [6, 6.07) is 23.7. The summed E-state index contributed by atoms with van der Waals surface area (Å²) < 4.78 is 28.0. The van der Waals surface area contributed by atoms with Crippen LogP contribution >= 0.6 is 0 Å². The number of halogens is 2. The van der Waals surface area contributed by atoms with E-state index in [0.717, 1.165) is 23.1 Å². The molecular weight excluding hydrogens is 536 g/mol. The monoisotopic (exact) mass is 559 g/mol. The number of nitrogens with zero attached hydrogens (tertiary/aromatic N) is 3. The molecule has 0 aliphatic heterocycles. The van der Waals surface area contributed by atoms with E-state index in [4.69, 9.17) is 0 Å². The Morgan fingerprint density at radius 1 is 0.952 bits per heavy atom. The van der Waals surface area contributed by atoms with E-state index >= 15 is 0 Å². The zero-order chi connectivity index (χ0) is 29.5. The molecule has 1 amide bonds. The van der Waals surface area contributed by atoms with Crippen molar-refractivity contribution >= 4 is 22.5 Å². The number of nitriles is 1.